The molecule has 100 valence electrons. The highest BCUT2D eigenvalue weighted by molar-refractivity contribution is 7.86. The number of nitrogens with zero attached hydrogens (tertiary/aromatic N) is 2. The highest BCUT2D eigenvalue weighted by atomic mass is 32.2. The second-order valence-electron chi connectivity index (χ2n) is 5.15. The van der Waals surface area contributed by atoms with Crippen LogP contribution in [-0.2, 0) is 10.2 Å². The molecule has 1 saturated carbocycles. The predicted octanol–water partition coefficient (Wildman–Crippen LogP) is 0.420. The molecular weight excluding hydrogens is 240 g/mol. The molecular formula is C11H22N2O3S. The normalized spacial score (nSPS) is 25.1. The van der Waals surface area contributed by atoms with Crippen molar-refractivity contribution in [2.75, 3.05) is 26.7 Å². The Balaban J connectivity index is 1.93. The largest absolute Gasteiger partial charge is 0.391 e. The van der Waals surface area contributed by atoms with Gasteiger partial charge in [-0.25, -0.2) is 0 Å². The van der Waals surface area contributed by atoms with Gasteiger partial charge in [-0.05, 0) is 31.6 Å². The molecule has 1 N–H and O–H groups in total. The number of aliphatic hydroxyl groups is 1. The van der Waals surface area contributed by atoms with Crippen LogP contribution in [0.3, 0.4) is 0 Å². The lowest BCUT2D eigenvalue weighted by Crippen LogP contribution is -2.46. The molecule has 2 fully saturated rings. The third-order valence-corrected chi connectivity index (χ3v) is 5.60. The van der Waals surface area contributed by atoms with Gasteiger partial charge in [-0.3, -0.25) is 0 Å². The van der Waals surface area contributed by atoms with Crippen molar-refractivity contribution in [1.82, 2.24) is 8.61 Å². The fourth-order valence-corrected chi connectivity index (χ4v) is 3.74. The van der Waals surface area contributed by atoms with E-state index in [1.165, 1.54) is 8.61 Å². The van der Waals surface area contributed by atoms with Crippen LogP contribution in [0, 0.1) is 5.92 Å². The van der Waals surface area contributed by atoms with E-state index in [1.807, 2.05) is 0 Å². The summed E-state index contributed by atoms with van der Waals surface area (Å²) in [6, 6.07) is 0. The zero-order chi connectivity index (χ0) is 12.5. The lowest BCUT2D eigenvalue weighted by Gasteiger charge is -2.31. The van der Waals surface area contributed by atoms with Gasteiger partial charge in [-0.15, -0.1) is 0 Å². The first-order valence-electron chi connectivity index (χ1n) is 6.41. The van der Waals surface area contributed by atoms with Crippen molar-refractivity contribution in [3.8, 4) is 0 Å². The molecule has 1 saturated heterocycles. The van der Waals surface area contributed by atoms with E-state index in [2.05, 4.69) is 0 Å². The lowest BCUT2D eigenvalue weighted by molar-refractivity contribution is 0.128. The summed E-state index contributed by atoms with van der Waals surface area (Å²) in [5, 5.41) is 9.80. The Kier molecular flexibility index (Phi) is 4.07. The smallest absolute Gasteiger partial charge is 0.281 e. The van der Waals surface area contributed by atoms with E-state index in [1.54, 1.807) is 7.05 Å². The third-order valence-electron chi connectivity index (χ3n) is 3.65. The first kappa shape index (κ1) is 13.3. The maximum Gasteiger partial charge on any atom is 0.281 e. The Morgan fingerprint density at radius 2 is 1.88 bits per heavy atom. The van der Waals surface area contributed by atoms with Gasteiger partial charge in [0.1, 0.15) is 0 Å². The van der Waals surface area contributed by atoms with Crippen molar-refractivity contribution in [3.63, 3.8) is 0 Å². The first-order chi connectivity index (χ1) is 8.01. The van der Waals surface area contributed by atoms with Gasteiger partial charge in [0.15, 0.2) is 0 Å². The van der Waals surface area contributed by atoms with E-state index >= 15 is 0 Å². The molecule has 0 aromatic rings. The van der Waals surface area contributed by atoms with Crippen molar-refractivity contribution >= 4 is 10.2 Å². The van der Waals surface area contributed by atoms with Gasteiger partial charge >= 0.3 is 0 Å². The monoisotopic (exact) mass is 262 g/mol. The summed E-state index contributed by atoms with van der Waals surface area (Å²) in [7, 11) is -1.79. The van der Waals surface area contributed by atoms with Crippen molar-refractivity contribution in [3.05, 3.63) is 0 Å². The van der Waals surface area contributed by atoms with Crippen LogP contribution in [0.4, 0.5) is 0 Å². The molecule has 17 heavy (non-hydrogen) atoms. The summed E-state index contributed by atoms with van der Waals surface area (Å²) in [5.74, 6) is 0.314. The molecule has 0 radical (unpaired) electrons. The van der Waals surface area contributed by atoms with E-state index < -0.39 is 16.3 Å². The third kappa shape index (κ3) is 3.19. The minimum atomic E-state index is -3.36. The number of hydrogen-bond acceptors (Lipinski definition) is 3. The molecule has 1 unspecified atom stereocenters. The van der Waals surface area contributed by atoms with Gasteiger partial charge in [0.05, 0.1) is 6.10 Å². The maximum absolute atomic E-state index is 12.2. The molecule has 1 atom stereocenters. The van der Waals surface area contributed by atoms with Crippen molar-refractivity contribution in [2.45, 2.75) is 38.2 Å². The van der Waals surface area contributed by atoms with E-state index in [9.17, 15) is 13.5 Å². The van der Waals surface area contributed by atoms with Gasteiger partial charge in [-0.2, -0.15) is 17.0 Å². The molecule has 6 heteroatoms. The number of rotatable bonds is 5. The van der Waals surface area contributed by atoms with E-state index in [-0.39, 0.29) is 6.54 Å². The van der Waals surface area contributed by atoms with E-state index in [0.717, 1.165) is 32.1 Å². The van der Waals surface area contributed by atoms with Crippen molar-refractivity contribution in [1.29, 1.82) is 0 Å². The first-order valence-corrected chi connectivity index (χ1v) is 7.81. The summed E-state index contributed by atoms with van der Waals surface area (Å²) in [5.41, 5.74) is 0. The molecule has 0 amide bonds. The summed E-state index contributed by atoms with van der Waals surface area (Å²) in [6.07, 6.45) is 4.55. The number of likely N-dealkylation sites (N-methyl/N-ethyl adjacent to an activating group) is 1. The average molecular weight is 262 g/mol. The highest BCUT2D eigenvalue weighted by Crippen LogP contribution is 2.33. The van der Waals surface area contributed by atoms with Crippen LogP contribution < -0.4 is 0 Å². The summed E-state index contributed by atoms with van der Waals surface area (Å²) >= 11 is 0. The molecule has 0 spiro atoms. The molecule has 1 aliphatic heterocycles. The summed E-state index contributed by atoms with van der Waals surface area (Å²) in [6.45, 7) is 1.46. The molecule has 2 aliphatic rings. The molecule has 0 aromatic carbocycles. The second kappa shape index (κ2) is 5.22. The van der Waals surface area contributed by atoms with Crippen LogP contribution in [0.15, 0.2) is 0 Å². The summed E-state index contributed by atoms with van der Waals surface area (Å²) in [4.78, 5) is 0. The van der Waals surface area contributed by atoms with Gasteiger partial charge in [0, 0.05) is 26.7 Å². The predicted molar refractivity (Wildman–Crippen MR) is 65.7 cm³/mol. The molecule has 2 rings (SSSR count). The van der Waals surface area contributed by atoms with Crippen molar-refractivity contribution < 1.29 is 13.5 Å². The van der Waals surface area contributed by atoms with Crippen LogP contribution in [0.25, 0.3) is 0 Å². The molecule has 1 aliphatic carbocycles. The van der Waals surface area contributed by atoms with Gasteiger partial charge in [0.25, 0.3) is 10.2 Å². The fourth-order valence-electron chi connectivity index (χ4n) is 2.28. The van der Waals surface area contributed by atoms with Crippen LogP contribution in [0.2, 0.25) is 0 Å². The van der Waals surface area contributed by atoms with Crippen LogP contribution in [0.1, 0.15) is 32.1 Å². The van der Waals surface area contributed by atoms with Gasteiger partial charge in [-0.1, -0.05) is 6.42 Å². The SMILES string of the molecule is CN(CC(O)C1CC1)S(=O)(=O)N1CCCCC1. The van der Waals surface area contributed by atoms with Crippen molar-refractivity contribution in [2.24, 2.45) is 5.92 Å². The minimum absolute atomic E-state index is 0.226. The van der Waals surface area contributed by atoms with Gasteiger partial charge in [0.2, 0.25) is 0 Å². The number of piperidine rings is 1. The Labute approximate surface area is 104 Å². The molecule has 0 bridgehead atoms. The van der Waals surface area contributed by atoms with Gasteiger partial charge < -0.3 is 5.11 Å². The molecule has 5 nitrogen and oxygen atoms in total. The number of hydrogen-bond donors (Lipinski definition) is 1. The van der Waals surface area contributed by atoms with E-state index in [4.69, 9.17) is 0 Å². The Hall–Kier alpha value is -0.170. The minimum Gasteiger partial charge on any atom is -0.391 e. The molecule has 1 heterocycles. The van der Waals surface area contributed by atoms with Crippen LogP contribution in [-0.4, -0.2) is 54.9 Å². The molecule has 0 aromatic heterocycles. The standard InChI is InChI=1S/C11H22N2O3S/c1-12(9-11(14)10-5-6-10)17(15,16)13-7-3-2-4-8-13/h10-11,14H,2-9H2,1H3. The van der Waals surface area contributed by atoms with Crippen LogP contribution in [0.5, 0.6) is 0 Å². The zero-order valence-electron chi connectivity index (χ0n) is 10.4. The highest BCUT2D eigenvalue weighted by Gasteiger charge is 2.34. The second-order valence-corrected chi connectivity index (χ2v) is 7.19. The summed E-state index contributed by atoms with van der Waals surface area (Å²) < 4.78 is 27.3. The topological polar surface area (TPSA) is 60.9 Å². The quantitative estimate of drug-likeness (QED) is 0.781. The van der Waals surface area contributed by atoms with Crippen LogP contribution >= 0.6 is 0 Å². The Morgan fingerprint density at radius 1 is 1.29 bits per heavy atom. The maximum atomic E-state index is 12.2. The zero-order valence-corrected chi connectivity index (χ0v) is 11.2. The number of aliphatic hydroxyl groups excluding tert-OH is 1. The lowest BCUT2D eigenvalue weighted by atomic mass is 10.2. The van der Waals surface area contributed by atoms with E-state index in [0.29, 0.717) is 19.0 Å². The fraction of sp³-hybridized carbons (Fsp3) is 1.00. The Bertz CT molecular complexity index is 348. The average Bonchev–Trinajstić information content (AvgIpc) is 3.13. The Morgan fingerprint density at radius 3 is 2.41 bits per heavy atom.